The quantitative estimate of drug-likeness (QED) is 0.733. The summed E-state index contributed by atoms with van der Waals surface area (Å²) in [4.78, 5) is 35.3. The standard InChI is InChI=1S/C18H26N4O2/c1-14-6-5-7-15(2)22(14)18(24)17(23)21-12-10-20(11-13-21)16-8-3-4-9-19-16/h3-4,8-9,14-15H,5-7,10-13H2,1-2H3. The first-order valence-electron chi connectivity index (χ1n) is 8.85. The van der Waals surface area contributed by atoms with Crippen molar-refractivity contribution in [3.8, 4) is 0 Å². The van der Waals surface area contributed by atoms with Gasteiger partial charge in [0.25, 0.3) is 0 Å². The highest BCUT2D eigenvalue weighted by Gasteiger charge is 2.35. The molecule has 0 aliphatic carbocycles. The molecule has 1 aromatic heterocycles. The van der Waals surface area contributed by atoms with Crippen molar-refractivity contribution < 1.29 is 9.59 Å². The van der Waals surface area contributed by atoms with Crippen LogP contribution in [0, 0.1) is 0 Å². The molecule has 2 amide bonds. The lowest BCUT2D eigenvalue weighted by Crippen LogP contribution is -2.57. The van der Waals surface area contributed by atoms with Gasteiger partial charge in [-0.2, -0.15) is 0 Å². The zero-order chi connectivity index (χ0) is 17.1. The molecule has 2 saturated heterocycles. The molecule has 0 spiro atoms. The summed E-state index contributed by atoms with van der Waals surface area (Å²) in [5, 5.41) is 0. The van der Waals surface area contributed by atoms with Crippen molar-refractivity contribution in [2.24, 2.45) is 0 Å². The molecule has 2 fully saturated rings. The molecular weight excluding hydrogens is 304 g/mol. The summed E-state index contributed by atoms with van der Waals surface area (Å²) < 4.78 is 0. The summed E-state index contributed by atoms with van der Waals surface area (Å²) in [7, 11) is 0. The van der Waals surface area contributed by atoms with Gasteiger partial charge in [-0.05, 0) is 45.2 Å². The molecule has 130 valence electrons. The molecule has 0 bridgehead atoms. The Labute approximate surface area is 143 Å². The van der Waals surface area contributed by atoms with Crippen molar-refractivity contribution in [1.82, 2.24) is 14.8 Å². The Balaban J connectivity index is 1.59. The second kappa shape index (κ2) is 7.20. The van der Waals surface area contributed by atoms with Crippen LogP contribution in [0.2, 0.25) is 0 Å². The van der Waals surface area contributed by atoms with Crippen LogP contribution in [0.15, 0.2) is 24.4 Å². The number of pyridine rings is 1. The van der Waals surface area contributed by atoms with E-state index in [-0.39, 0.29) is 23.9 Å². The Hall–Kier alpha value is -2.11. The van der Waals surface area contributed by atoms with Gasteiger partial charge in [0.05, 0.1) is 0 Å². The van der Waals surface area contributed by atoms with Gasteiger partial charge >= 0.3 is 11.8 Å². The van der Waals surface area contributed by atoms with E-state index in [1.165, 1.54) is 0 Å². The van der Waals surface area contributed by atoms with E-state index in [0.29, 0.717) is 26.2 Å². The number of nitrogens with zero attached hydrogens (tertiary/aromatic N) is 4. The SMILES string of the molecule is CC1CCCC(C)N1C(=O)C(=O)N1CCN(c2ccccn2)CC1. The van der Waals surface area contributed by atoms with E-state index < -0.39 is 0 Å². The average molecular weight is 330 g/mol. The van der Waals surface area contributed by atoms with Crippen molar-refractivity contribution in [1.29, 1.82) is 0 Å². The minimum Gasteiger partial charge on any atom is -0.353 e. The lowest BCUT2D eigenvalue weighted by Gasteiger charge is -2.40. The predicted octanol–water partition coefficient (Wildman–Crippen LogP) is 1.52. The van der Waals surface area contributed by atoms with E-state index in [2.05, 4.69) is 9.88 Å². The molecule has 3 rings (SSSR count). The molecule has 0 N–H and O–H groups in total. The van der Waals surface area contributed by atoms with Gasteiger partial charge in [-0.3, -0.25) is 9.59 Å². The van der Waals surface area contributed by atoms with Crippen molar-refractivity contribution in [2.75, 3.05) is 31.1 Å². The maximum Gasteiger partial charge on any atom is 0.312 e. The molecule has 2 aliphatic heterocycles. The van der Waals surface area contributed by atoms with E-state index in [9.17, 15) is 9.59 Å². The number of anilines is 1. The summed E-state index contributed by atoms with van der Waals surface area (Å²) in [5.41, 5.74) is 0. The van der Waals surface area contributed by atoms with Crippen LogP contribution in [0.3, 0.4) is 0 Å². The minimum atomic E-state index is -0.351. The van der Waals surface area contributed by atoms with Crippen LogP contribution < -0.4 is 4.90 Å². The first-order valence-corrected chi connectivity index (χ1v) is 8.85. The predicted molar refractivity (Wildman–Crippen MR) is 92.7 cm³/mol. The third-order valence-electron chi connectivity index (χ3n) is 5.15. The summed E-state index contributed by atoms with van der Waals surface area (Å²) in [5.74, 6) is 0.242. The number of piperidine rings is 1. The van der Waals surface area contributed by atoms with Crippen LogP contribution in [0.4, 0.5) is 5.82 Å². The van der Waals surface area contributed by atoms with Gasteiger partial charge in [-0.15, -0.1) is 0 Å². The summed E-state index contributed by atoms with van der Waals surface area (Å²) >= 11 is 0. The van der Waals surface area contributed by atoms with Gasteiger partial charge < -0.3 is 14.7 Å². The van der Waals surface area contributed by atoms with E-state index in [1.54, 1.807) is 16.0 Å². The van der Waals surface area contributed by atoms with Crippen LogP contribution in [0.1, 0.15) is 33.1 Å². The molecule has 0 radical (unpaired) electrons. The molecular formula is C18H26N4O2. The summed E-state index contributed by atoms with van der Waals surface area (Å²) in [6.45, 7) is 6.64. The van der Waals surface area contributed by atoms with Crippen LogP contribution in [0.25, 0.3) is 0 Å². The highest BCUT2D eigenvalue weighted by Crippen LogP contribution is 2.23. The van der Waals surface area contributed by atoms with Crippen LogP contribution in [0.5, 0.6) is 0 Å². The van der Waals surface area contributed by atoms with Crippen molar-refractivity contribution >= 4 is 17.6 Å². The average Bonchev–Trinajstić information content (AvgIpc) is 2.62. The van der Waals surface area contributed by atoms with Crippen LogP contribution >= 0.6 is 0 Å². The molecule has 2 aliphatic rings. The number of rotatable bonds is 1. The number of amides is 2. The topological polar surface area (TPSA) is 56.8 Å². The fourth-order valence-corrected chi connectivity index (χ4v) is 3.75. The molecule has 0 aromatic carbocycles. The summed E-state index contributed by atoms with van der Waals surface area (Å²) in [6.07, 6.45) is 4.87. The van der Waals surface area contributed by atoms with Crippen LogP contribution in [-0.2, 0) is 9.59 Å². The number of carbonyl (C=O) groups is 2. The zero-order valence-corrected chi connectivity index (χ0v) is 14.5. The Bertz CT molecular complexity index is 574. The Morgan fingerprint density at radius 1 is 1.00 bits per heavy atom. The molecule has 6 heteroatoms. The van der Waals surface area contributed by atoms with Gasteiger partial charge in [0.15, 0.2) is 0 Å². The molecule has 3 heterocycles. The lowest BCUT2D eigenvalue weighted by molar-refractivity contribution is -0.155. The molecule has 6 nitrogen and oxygen atoms in total. The van der Waals surface area contributed by atoms with Crippen molar-refractivity contribution in [2.45, 2.75) is 45.2 Å². The monoisotopic (exact) mass is 330 g/mol. The smallest absolute Gasteiger partial charge is 0.312 e. The second-order valence-corrected chi connectivity index (χ2v) is 6.81. The maximum atomic E-state index is 12.7. The molecule has 2 atom stereocenters. The largest absolute Gasteiger partial charge is 0.353 e. The number of hydrogen-bond acceptors (Lipinski definition) is 4. The highest BCUT2D eigenvalue weighted by atomic mass is 16.2. The van der Waals surface area contributed by atoms with Gasteiger partial charge in [-0.25, -0.2) is 4.98 Å². The van der Waals surface area contributed by atoms with Crippen molar-refractivity contribution in [3.63, 3.8) is 0 Å². The zero-order valence-electron chi connectivity index (χ0n) is 14.5. The second-order valence-electron chi connectivity index (χ2n) is 6.81. The third-order valence-corrected chi connectivity index (χ3v) is 5.15. The Morgan fingerprint density at radius 2 is 1.67 bits per heavy atom. The maximum absolute atomic E-state index is 12.7. The first-order chi connectivity index (χ1) is 11.6. The molecule has 1 aromatic rings. The summed E-state index contributed by atoms with van der Waals surface area (Å²) in [6, 6.07) is 6.13. The van der Waals surface area contributed by atoms with Gasteiger partial charge in [-0.1, -0.05) is 6.07 Å². The van der Waals surface area contributed by atoms with E-state index in [4.69, 9.17) is 0 Å². The Kier molecular flexibility index (Phi) is 5.02. The van der Waals surface area contributed by atoms with Gasteiger partial charge in [0.2, 0.25) is 0 Å². The fourth-order valence-electron chi connectivity index (χ4n) is 3.75. The van der Waals surface area contributed by atoms with Gasteiger partial charge in [0, 0.05) is 44.5 Å². The molecule has 24 heavy (non-hydrogen) atoms. The minimum absolute atomic E-state index is 0.153. The molecule has 2 unspecified atom stereocenters. The first kappa shape index (κ1) is 16.7. The van der Waals surface area contributed by atoms with E-state index in [1.807, 2.05) is 32.0 Å². The number of piperazine rings is 1. The lowest BCUT2D eigenvalue weighted by atomic mass is 9.97. The highest BCUT2D eigenvalue weighted by molar-refractivity contribution is 6.35. The van der Waals surface area contributed by atoms with E-state index >= 15 is 0 Å². The van der Waals surface area contributed by atoms with Crippen LogP contribution in [-0.4, -0.2) is 64.9 Å². The van der Waals surface area contributed by atoms with E-state index in [0.717, 1.165) is 25.1 Å². The Morgan fingerprint density at radius 3 is 2.25 bits per heavy atom. The molecule has 0 saturated carbocycles. The number of carbonyl (C=O) groups excluding carboxylic acids is 2. The normalized spacial score (nSPS) is 24.8. The third kappa shape index (κ3) is 3.37. The number of hydrogen-bond donors (Lipinski definition) is 0. The number of aromatic nitrogens is 1. The fraction of sp³-hybridized carbons (Fsp3) is 0.611. The van der Waals surface area contributed by atoms with Gasteiger partial charge in [0.1, 0.15) is 5.82 Å². The number of likely N-dealkylation sites (tertiary alicyclic amines) is 1. The van der Waals surface area contributed by atoms with Crippen molar-refractivity contribution in [3.05, 3.63) is 24.4 Å².